The number of carbonyl (C=O) groups is 1. The van der Waals surface area contributed by atoms with Crippen molar-refractivity contribution in [3.8, 4) is 5.75 Å². The molecular formula is C27H28ClF2N5O3. The Hall–Kier alpha value is -3.34. The largest absolute Gasteiger partial charge is 0.486 e. The molecule has 1 amide bonds. The topological polar surface area (TPSA) is 88.6 Å². The fraction of sp³-hybridized carbons (Fsp3) is 0.370. The van der Waals surface area contributed by atoms with Crippen LogP contribution in [0.5, 0.6) is 5.75 Å². The Morgan fingerprint density at radius 2 is 2.05 bits per heavy atom. The van der Waals surface area contributed by atoms with Gasteiger partial charge in [-0.1, -0.05) is 18.0 Å². The molecule has 5 rings (SSSR count). The standard InChI is InChI=1S/C27H28ClF2N5O3/c28-20-12-17(4-5-21(20)29)33-26-19-13-24(34-27(36)22(30)6-10-35-8-2-1-3-9-35)25(14-23(19)31-16-32-26)38-18-7-11-37-15-18/h4-6,12-14,16,18H,1-3,7-11,15H2,(H,34,36)(H,31,32,33)/b22-6+/t18-/m0/s1. The highest BCUT2D eigenvalue weighted by Gasteiger charge is 2.22. The molecule has 0 bridgehead atoms. The molecule has 1 aromatic heterocycles. The van der Waals surface area contributed by atoms with Gasteiger partial charge in [0.05, 0.1) is 29.4 Å². The lowest BCUT2D eigenvalue weighted by atomic mass is 10.1. The van der Waals surface area contributed by atoms with Crippen LogP contribution in [0.15, 0.2) is 48.6 Å². The number of benzene rings is 2. The monoisotopic (exact) mass is 543 g/mol. The number of carbonyl (C=O) groups excluding carboxylic acids is 1. The number of nitrogens with one attached hydrogen (secondary N) is 2. The zero-order valence-electron chi connectivity index (χ0n) is 20.7. The van der Waals surface area contributed by atoms with Gasteiger partial charge in [-0.15, -0.1) is 0 Å². The lowest BCUT2D eigenvalue weighted by molar-refractivity contribution is -0.114. The summed E-state index contributed by atoms with van der Waals surface area (Å²) in [5.74, 6) is -1.53. The molecule has 8 nitrogen and oxygen atoms in total. The predicted molar refractivity (Wildman–Crippen MR) is 142 cm³/mol. The van der Waals surface area contributed by atoms with Crippen LogP contribution in [0, 0.1) is 5.82 Å². The van der Waals surface area contributed by atoms with Crippen LogP contribution in [0.2, 0.25) is 5.02 Å². The van der Waals surface area contributed by atoms with Crippen molar-refractivity contribution < 1.29 is 23.0 Å². The van der Waals surface area contributed by atoms with E-state index >= 15 is 0 Å². The molecular weight excluding hydrogens is 516 g/mol. The maximum atomic E-state index is 14.8. The summed E-state index contributed by atoms with van der Waals surface area (Å²) in [4.78, 5) is 23.6. The van der Waals surface area contributed by atoms with Gasteiger partial charge in [-0.2, -0.15) is 0 Å². The molecule has 0 saturated carbocycles. The maximum Gasteiger partial charge on any atom is 0.284 e. The molecule has 2 saturated heterocycles. The van der Waals surface area contributed by atoms with Gasteiger partial charge in [0, 0.05) is 30.1 Å². The lowest BCUT2D eigenvalue weighted by Crippen LogP contribution is -2.30. The van der Waals surface area contributed by atoms with Crippen LogP contribution in [-0.4, -0.2) is 59.7 Å². The van der Waals surface area contributed by atoms with E-state index < -0.39 is 17.6 Å². The summed E-state index contributed by atoms with van der Waals surface area (Å²) in [6.45, 7) is 3.16. The fourth-order valence-electron chi connectivity index (χ4n) is 4.50. The van der Waals surface area contributed by atoms with E-state index in [0.29, 0.717) is 54.3 Å². The average molecular weight is 544 g/mol. The number of hydrogen-bond donors (Lipinski definition) is 2. The highest BCUT2D eigenvalue weighted by atomic mass is 35.5. The third kappa shape index (κ3) is 6.38. The van der Waals surface area contributed by atoms with Crippen LogP contribution in [0.4, 0.5) is 26.0 Å². The molecule has 2 aliphatic heterocycles. The number of piperidine rings is 1. The second-order valence-corrected chi connectivity index (χ2v) is 9.72. The maximum absolute atomic E-state index is 14.8. The van der Waals surface area contributed by atoms with Crippen LogP contribution in [-0.2, 0) is 9.53 Å². The molecule has 11 heteroatoms. The minimum Gasteiger partial charge on any atom is -0.486 e. The van der Waals surface area contributed by atoms with Crippen molar-refractivity contribution in [2.45, 2.75) is 31.8 Å². The normalized spacial score (nSPS) is 18.5. The summed E-state index contributed by atoms with van der Waals surface area (Å²) in [7, 11) is 0. The first-order valence-corrected chi connectivity index (χ1v) is 13.0. The van der Waals surface area contributed by atoms with E-state index in [1.54, 1.807) is 12.1 Å². The van der Waals surface area contributed by atoms with Gasteiger partial charge in [0.25, 0.3) is 5.91 Å². The van der Waals surface area contributed by atoms with Crippen molar-refractivity contribution in [1.29, 1.82) is 0 Å². The number of likely N-dealkylation sites (tertiary alicyclic amines) is 1. The first-order chi connectivity index (χ1) is 18.5. The molecule has 2 N–H and O–H groups in total. The number of hydrogen-bond acceptors (Lipinski definition) is 7. The SMILES string of the molecule is O=C(Nc1cc2c(Nc3ccc(F)c(Cl)c3)ncnc2cc1O[C@H]1CCOC1)/C(F)=C\CN1CCCCC1. The highest BCUT2D eigenvalue weighted by molar-refractivity contribution is 6.31. The Balaban J connectivity index is 1.43. The molecule has 200 valence electrons. The number of amides is 1. The highest BCUT2D eigenvalue weighted by Crippen LogP contribution is 2.35. The summed E-state index contributed by atoms with van der Waals surface area (Å²) < 4.78 is 39.9. The molecule has 2 fully saturated rings. The third-order valence-electron chi connectivity index (χ3n) is 6.54. The Kier molecular flexibility index (Phi) is 8.31. The quantitative estimate of drug-likeness (QED) is 0.357. The first kappa shape index (κ1) is 26.3. The zero-order valence-corrected chi connectivity index (χ0v) is 21.4. The lowest BCUT2D eigenvalue weighted by Gasteiger charge is -2.24. The van der Waals surface area contributed by atoms with Gasteiger partial charge in [-0.25, -0.2) is 18.7 Å². The van der Waals surface area contributed by atoms with E-state index in [1.807, 2.05) is 0 Å². The number of nitrogens with zero attached hydrogens (tertiary/aromatic N) is 3. The van der Waals surface area contributed by atoms with Gasteiger partial charge in [-0.3, -0.25) is 9.69 Å². The van der Waals surface area contributed by atoms with Gasteiger partial charge in [0.15, 0.2) is 5.83 Å². The molecule has 3 aromatic rings. The zero-order chi connectivity index (χ0) is 26.5. The van der Waals surface area contributed by atoms with Crippen molar-refractivity contribution in [2.24, 2.45) is 0 Å². The van der Waals surface area contributed by atoms with Crippen molar-refractivity contribution in [2.75, 3.05) is 43.5 Å². The van der Waals surface area contributed by atoms with E-state index in [9.17, 15) is 13.6 Å². The van der Waals surface area contributed by atoms with Gasteiger partial charge in [-0.05, 0) is 56.3 Å². The minimum atomic E-state index is -0.870. The second-order valence-electron chi connectivity index (χ2n) is 9.31. The van der Waals surface area contributed by atoms with Gasteiger partial charge >= 0.3 is 0 Å². The Morgan fingerprint density at radius 1 is 1.21 bits per heavy atom. The van der Waals surface area contributed by atoms with E-state index in [4.69, 9.17) is 21.1 Å². The van der Waals surface area contributed by atoms with Crippen molar-refractivity contribution >= 4 is 45.6 Å². The van der Waals surface area contributed by atoms with Gasteiger partial charge in [0.2, 0.25) is 0 Å². The van der Waals surface area contributed by atoms with Gasteiger partial charge in [0.1, 0.15) is 29.8 Å². The predicted octanol–water partition coefficient (Wildman–Crippen LogP) is 5.61. The summed E-state index contributed by atoms with van der Waals surface area (Å²) in [5, 5.41) is 6.25. The first-order valence-electron chi connectivity index (χ1n) is 12.6. The number of rotatable bonds is 8. The summed E-state index contributed by atoms with van der Waals surface area (Å²) in [6.07, 6.45) is 6.50. The number of halogens is 3. The van der Waals surface area contributed by atoms with Crippen LogP contribution in [0.1, 0.15) is 25.7 Å². The number of aromatic nitrogens is 2. The molecule has 0 aliphatic carbocycles. The summed E-state index contributed by atoms with van der Waals surface area (Å²) >= 11 is 5.92. The number of anilines is 3. The Morgan fingerprint density at radius 3 is 2.82 bits per heavy atom. The molecule has 3 heterocycles. The third-order valence-corrected chi connectivity index (χ3v) is 6.83. The van der Waals surface area contributed by atoms with Gasteiger partial charge < -0.3 is 20.1 Å². The van der Waals surface area contributed by atoms with Crippen LogP contribution < -0.4 is 15.4 Å². The molecule has 0 unspecified atom stereocenters. The molecule has 2 aliphatic rings. The Bertz CT molecular complexity index is 1340. The van der Waals surface area contributed by atoms with Crippen molar-refractivity contribution in [1.82, 2.24) is 14.9 Å². The van der Waals surface area contributed by atoms with Crippen LogP contribution >= 0.6 is 11.6 Å². The van der Waals surface area contributed by atoms with Crippen molar-refractivity contribution in [3.63, 3.8) is 0 Å². The number of ether oxygens (including phenoxy) is 2. The van der Waals surface area contributed by atoms with E-state index in [-0.39, 0.29) is 16.8 Å². The van der Waals surface area contributed by atoms with Crippen LogP contribution in [0.25, 0.3) is 10.9 Å². The minimum absolute atomic E-state index is 0.0393. The van der Waals surface area contributed by atoms with E-state index in [0.717, 1.165) is 25.9 Å². The molecule has 2 aromatic carbocycles. The fourth-order valence-corrected chi connectivity index (χ4v) is 4.68. The second kappa shape index (κ2) is 12.0. The summed E-state index contributed by atoms with van der Waals surface area (Å²) in [6, 6.07) is 7.51. The average Bonchev–Trinajstić information content (AvgIpc) is 3.44. The summed E-state index contributed by atoms with van der Waals surface area (Å²) in [5.41, 5.74) is 1.31. The Labute approximate surface area is 224 Å². The molecule has 0 radical (unpaired) electrons. The molecule has 1 atom stereocenters. The van der Waals surface area contributed by atoms with E-state index in [1.165, 1.54) is 37.0 Å². The smallest absolute Gasteiger partial charge is 0.284 e. The van der Waals surface area contributed by atoms with Crippen molar-refractivity contribution in [3.05, 3.63) is 59.4 Å². The molecule has 0 spiro atoms. The number of fused-ring (bicyclic) bond motifs is 1. The van der Waals surface area contributed by atoms with Crippen LogP contribution in [0.3, 0.4) is 0 Å². The van der Waals surface area contributed by atoms with E-state index in [2.05, 4.69) is 25.5 Å². The molecule has 38 heavy (non-hydrogen) atoms.